The van der Waals surface area contributed by atoms with Crippen molar-refractivity contribution in [2.24, 2.45) is 5.73 Å². The molecule has 2 unspecified atom stereocenters. The quantitative estimate of drug-likeness (QED) is 0.713. The molecule has 1 aliphatic rings. The first-order valence-electron chi connectivity index (χ1n) is 6.60. The van der Waals surface area contributed by atoms with Crippen LogP contribution in [0.25, 0.3) is 0 Å². The predicted molar refractivity (Wildman–Crippen MR) is 82.6 cm³/mol. The smallest absolute Gasteiger partial charge is 0.241 e. The van der Waals surface area contributed by atoms with Crippen LogP contribution in [-0.2, 0) is 4.79 Å². The Bertz CT molecular complexity index is 504. The Morgan fingerprint density at radius 2 is 2.15 bits per heavy atom. The van der Waals surface area contributed by atoms with Crippen LogP contribution in [-0.4, -0.2) is 46.1 Å². The van der Waals surface area contributed by atoms with Crippen LogP contribution in [0.1, 0.15) is 18.9 Å². The van der Waals surface area contributed by atoms with Crippen LogP contribution >= 0.6 is 12.2 Å². The number of nitrogens with one attached hydrogen (secondary N) is 1. The fourth-order valence-corrected chi connectivity index (χ4v) is 2.39. The van der Waals surface area contributed by atoms with Gasteiger partial charge in [0.2, 0.25) is 5.91 Å². The van der Waals surface area contributed by atoms with Crippen molar-refractivity contribution in [1.82, 2.24) is 4.90 Å². The number of benzene rings is 1. The van der Waals surface area contributed by atoms with Gasteiger partial charge in [-0.1, -0.05) is 12.2 Å². The van der Waals surface area contributed by atoms with E-state index in [-0.39, 0.29) is 18.1 Å². The van der Waals surface area contributed by atoms with Crippen LogP contribution in [0.15, 0.2) is 24.3 Å². The molecule has 2 rings (SSSR count). The van der Waals surface area contributed by atoms with Gasteiger partial charge in [-0.3, -0.25) is 9.69 Å². The summed E-state index contributed by atoms with van der Waals surface area (Å²) in [6, 6.07) is 6.85. The number of rotatable bonds is 4. The van der Waals surface area contributed by atoms with Crippen molar-refractivity contribution in [1.29, 1.82) is 0 Å². The Hall–Kier alpha value is -1.50. The van der Waals surface area contributed by atoms with Crippen molar-refractivity contribution in [2.45, 2.75) is 25.5 Å². The van der Waals surface area contributed by atoms with Crippen molar-refractivity contribution < 1.29 is 9.90 Å². The monoisotopic (exact) mass is 293 g/mol. The molecule has 0 aromatic heterocycles. The second-order valence-corrected chi connectivity index (χ2v) is 5.48. The summed E-state index contributed by atoms with van der Waals surface area (Å²) in [7, 11) is 0. The number of thiocarbonyl (C=S) groups is 1. The van der Waals surface area contributed by atoms with Crippen molar-refractivity contribution in [3.8, 4) is 0 Å². The van der Waals surface area contributed by atoms with Crippen LogP contribution in [0.2, 0.25) is 0 Å². The third-order valence-electron chi connectivity index (χ3n) is 3.56. The number of nitrogens with two attached hydrogens (primary N) is 1. The van der Waals surface area contributed by atoms with E-state index in [1.165, 1.54) is 0 Å². The molecular formula is C14H19N3O2S. The predicted octanol–water partition coefficient (Wildman–Crippen LogP) is 0.714. The van der Waals surface area contributed by atoms with Gasteiger partial charge in [0.05, 0.1) is 12.1 Å². The van der Waals surface area contributed by atoms with Gasteiger partial charge in [0, 0.05) is 24.3 Å². The summed E-state index contributed by atoms with van der Waals surface area (Å²) in [5.74, 6) is -0.0813. The molecule has 1 heterocycles. The first-order valence-corrected chi connectivity index (χ1v) is 7.01. The van der Waals surface area contributed by atoms with Crippen molar-refractivity contribution in [2.75, 3.05) is 18.4 Å². The molecule has 1 amide bonds. The summed E-state index contributed by atoms with van der Waals surface area (Å²) < 4.78 is 0. The SMILES string of the molecule is CC(C(=O)Nc1ccc(C(N)=S)cc1)N1CCC(O)C1. The maximum Gasteiger partial charge on any atom is 0.241 e. The summed E-state index contributed by atoms with van der Waals surface area (Å²) >= 11 is 4.88. The number of nitrogens with zero attached hydrogens (tertiary/aromatic N) is 1. The fraction of sp³-hybridized carbons (Fsp3) is 0.429. The van der Waals surface area contributed by atoms with E-state index < -0.39 is 0 Å². The molecule has 108 valence electrons. The lowest BCUT2D eigenvalue weighted by atomic mass is 10.2. The van der Waals surface area contributed by atoms with Gasteiger partial charge in [0.1, 0.15) is 4.99 Å². The Balaban J connectivity index is 1.95. The van der Waals surface area contributed by atoms with E-state index in [1.54, 1.807) is 24.3 Å². The number of aliphatic hydroxyl groups excluding tert-OH is 1. The normalized spacial score (nSPS) is 20.6. The van der Waals surface area contributed by atoms with Gasteiger partial charge in [0.25, 0.3) is 0 Å². The summed E-state index contributed by atoms with van der Waals surface area (Å²) in [6.45, 7) is 3.14. The van der Waals surface area contributed by atoms with Gasteiger partial charge in [-0.15, -0.1) is 0 Å². The number of anilines is 1. The summed E-state index contributed by atoms with van der Waals surface area (Å²) in [5, 5.41) is 12.4. The highest BCUT2D eigenvalue weighted by Crippen LogP contribution is 2.15. The lowest BCUT2D eigenvalue weighted by Crippen LogP contribution is -2.41. The van der Waals surface area contributed by atoms with Crippen molar-refractivity contribution in [3.05, 3.63) is 29.8 Å². The maximum atomic E-state index is 12.1. The summed E-state index contributed by atoms with van der Waals surface area (Å²) in [6.07, 6.45) is 0.399. The molecule has 1 aromatic carbocycles. The second-order valence-electron chi connectivity index (χ2n) is 5.04. The van der Waals surface area contributed by atoms with Crippen LogP contribution in [0.5, 0.6) is 0 Å². The maximum absolute atomic E-state index is 12.1. The molecule has 0 saturated carbocycles. The lowest BCUT2D eigenvalue weighted by Gasteiger charge is -2.22. The highest BCUT2D eigenvalue weighted by molar-refractivity contribution is 7.80. The number of likely N-dealkylation sites (tertiary alicyclic amines) is 1. The Morgan fingerprint density at radius 3 is 2.65 bits per heavy atom. The highest BCUT2D eigenvalue weighted by Gasteiger charge is 2.28. The van der Waals surface area contributed by atoms with Crippen LogP contribution < -0.4 is 11.1 Å². The van der Waals surface area contributed by atoms with E-state index in [0.717, 1.165) is 18.5 Å². The van der Waals surface area contributed by atoms with E-state index in [1.807, 2.05) is 11.8 Å². The van der Waals surface area contributed by atoms with E-state index in [2.05, 4.69) is 5.32 Å². The zero-order chi connectivity index (χ0) is 14.7. The van der Waals surface area contributed by atoms with Crippen LogP contribution in [0.4, 0.5) is 5.69 Å². The summed E-state index contributed by atoms with van der Waals surface area (Å²) in [5.41, 5.74) is 7.00. The minimum atomic E-state index is -0.324. The average Bonchev–Trinajstić information content (AvgIpc) is 2.85. The second kappa shape index (κ2) is 6.30. The number of aliphatic hydroxyl groups is 1. The Labute approximate surface area is 123 Å². The largest absolute Gasteiger partial charge is 0.392 e. The lowest BCUT2D eigenvalue weighted by molar-refractivity contribution is -0.120. The molecule has 1 fully saturated rings. The molecule has 5 nitrogen and oxygen atoms in total. The molecule has 2 atom stereocenters. The van der Waals surface area contributed by atoms with Gasteiger partial charge in [0.15, 0.2) is 0 Å². The average molecular weight is 293 g/mol. The van der Waals surface area contributed by atoms with Gasteiger partial charge < -0.3 is 16.2 Å². The van der Waals surface area contributed by atoms with Gasteiger partial charge in [-0.2, -0.15) is 0 Å². The minimum Gasteiger partial charge on any atom is -0.392 e. The molecule has 0 bridgehead atoms. The molecule has 1 aliphatic heterocycles. The molecule has 20 heavy (non-hydrogen) atoms. The topological polar surface area (TPSA) is 78.6 Å². The number of carbonyl (C=O) groups is 1. The van der Waals surface area contributed by atoms with E-state index in [4.69, 9.17) is 18.0 Å². The van der Waals surface area contributed by atoms with Crippen molar-refractivity contribution in [3.63, 3.8) is 0 Å². The molecule has 6 heteroatoms. The van der Waals surface area contributed by atoms with Gasteiger partial charge >= 0.3 is 0 Å². The molecule has 0 radical (unpaired) electrons. The number of hydrogen-bond acceptors (Lipinski definition) is 4. The number of β-amino-alcohol motifs (C(OH)–C–C–N with tert-alkyl or cyclic N) is 1. The molecule has 4 N–H and O–H groups in total. The number of carbonyl (C=O) groups excluding carboxylic acids is 1. The molecule has 0 spiro atoms. The molecule has 1 saturated heterocycles. The Morgan fingerprint density at radius 1 is 1.50 bits per heavy atom. The standard InChI is InChI=1S/C14H19N3O2S/c1-9(17-7-6-12(18)8-17)14(19)16-11-4-2-10(3-5-11)13(15)20/h2-5,9,12,18H,6-8H2,1H3,(H2,15,20)(H,16,19). The van der Waals surface area contributed by atoms with E-state index in [9.17, 15) is 9.90 Å². The van der Waals surface area contributed by atoms with Crippen LogP contribution in [0, 0.1) is 0 Å². The third-order valence-corrected chi connectivity index (χ3v) is 3.79. The zero-order valence-electron chi connectivity index (χ0n) is 11.4. The van der Waals surface area contributed by atoms with E-state index >= 15 is 0 Å². The summed E-state index contributed by atoms with van der Waals surface area (Å²) in [4.78, 5) is 14.5. The first-order chi connectivity index (χ1) is 9.47. The van der Waals surface area contributed by atoms with Gasteiger partial charge in [-0.05, 0) is 37.6 Å². The molecule has 0 aliphatic carbocycles. The molecular weight excluding hydrogens is 274 g/mol. The molecule has 1 aromatic rings. The Kier molecular flexibility index (Phi) is 4.69. The zero-order valence-corrected chi connectivity index (χ0v) is 12.2. The number of amides is 1. The van der Waals surface area contributed by atoms with E-state index in [0.29, 0.717) is 17.2 Å². The number of hydrogen-bond donors (Lipinski definition) is 3. The fourth-order valence-electron chi connectivity index (χ4n) is 2.25. The van der Waals surface area contributed by atoms with Gasteiger partial charge in [-0.25, -0.2) is 0 Å². The first kappa shape index (κ1) is 14.9. The third kappa shape index (κ3) is 3.53. The minimum absolute atomic E-state index is 0.0813. The van der Waals surface area contributed by atoms with Crippen LogP contribution in [0.3, 0.4) is 0 Å². The highest BCUT2D eigenvalue weighted by atomic mass is 32.1. The van der Waals surface area contributed by atoms with Crippen molar-refractivity contribution >= 4 is 28.8 Å².